The highest BCUT2D eigenvalue weighted by molar-refractivity contribution is 5.75. The molecule has 0 saturated heterocycles. The first-order valence-electron chi connectivity index (χ1n) is 10.8. The summed E-state index contributed by atoms with van der Waals surface area (Å²) in [5, 5.41) is 14.5. The summed E-state index contributed by atoms with van der Waals surface area (Å²) >= 11 is 0. The summed E-state index contributed by atoms with van der Waals surface area (Å²) in [5.41, 5.74) is 7.14. The molecule has 8 heteroatoms. The van der Waals surface area contributed by atoms with Crippen LogP contribution in [0.25, 0.3) is 28.2 Å². The molecular formula is C24H26N8. The average molecular weight is 427 g/mol. The van der Waals surface area contributed by atoms with Gasteiger partial charge in [-0.05, 0) is 63.9 Å². The van der Waals surface area contributed by atoms with Crippen LogP contribution in [0, 0.1) is 20.8 Å². The van der Waals surface area contributed by atoms with Gasteiger partial charge in [0.25, 0.3) is 0 Å². The van der Waals surface area contributed by atoms with E-state index in [1.54, 1.807) is 0 Å². The second kappa shape index (κ2) is 7.71. The van der Waals surface area contributed by atoms with Crippen LogP contribution >= 0.6 is 0 Å². The van der Waals surface area contributed by atoms with Crippen LogP contribution in [0.2, 0.25) is 0 Å². The van der Waals surface area contributed by atoms with Gasteiger partial charge in [-0.2, -0.15) is 15.3 Å². The molecule has 8 nitrogen and oxygen atoms in total. The third-order valence-electron chi connectivity index (χ3n) is 5.58. The van der Waals surface area contributed by atoms with Crippen LogP contribution in [0.15, 0.2) is 48.9 Å². The van der Waals surface area contributed by atoms with Crippen molar-refractivity contribution in [2.75, 3.05) is 0 Å². The zero-order valence-corrected chi connectivity index (χ0v) is 19.0. The number of benzene rings is 1. The summed E-state index contributed by atoms with van der Waals surface area (Å²) in [7, 11) is 0. The molecular weight excluding hydrogens is 400 g/mol. The molecule has 0 saturated carbocycles. The second-order valence-corrected chi connectivity index (χ2v) is 8.49. The summed E-state index contributed by atoms with van der Waals surface area (Å²) in [5.74, 6) is 0.669. The van der Waals surface area contributed by atoms with Crippen molar-refractivity contribution in [2.45, 2.75) is 47.2 Å². The molecule has 4 heterocycles. The van der Waals surface area contributed by atoms with E-state index >= 15 is 0 Å². The summed E-state index contributed by atoms with van der Waals surface area (Å²) in [6, 6.07) is 10.7. The molecule has 0 bridgehead atoms. The predicted molar refractivity (Wildman–Crippen MR) is 124 cm³/mol. The number of rotatable bonds is 5. The maximum absolute atomic E-state index is 4.87. The molecule has 1 aromatic carbocycles. The quantitative estimate of drug-likeness (QED) is 0.415. The molecule has 0 aliphatic rings. The Kier molecular flexibility index (Phi) is 4.84. The van der Waals surface area contributed by atoms with E-state index in [-0.39, 0.29) is 6.04 Å². The lowest BCUT2D eigenvalue weighted by Crippen LogP contribution is -2.08. The van der Waals surface area contributed by atoms with Crippen molar-refractivity contribution in [1.29, 1.82) is 0 Å². The Hall–Kier alpha value is -3.81. The molecule has 0 aliphatic heterocycles. The monoisotopic (exact) mass is 426 g/mol. The van der Waals surface area contributed by atoms with E-state index in [9.17, 15) is 0 Å². The summed E-state index contributed by atoms with van der Waals surface area (Å²) in [4.78, 5) is 9.47. The van der Waals surface area contributed by atoms with Crippen molar-refractivity contribution in [2.24, 2.45) is 0 Å². The van der Waals surface area contributed by atoms with Crippen LogP contribution in [0.3, 0.4) is 0 Å². The molecule has 5 aromatic rings. The molecule has 5 rings (SSSR count). The van der Waals surface area contributed by atoms with Crippen LogP contribution in [0.5, 0.6) is 0 Å². The van der Waals surface area contributed by atoms with Crippen molar-refractivity contribution in [1.82, 2.24) is 39.3 Å². The maximum atomic E-state index is 4.87. The predicted octanol–water partition coefficient (Wildman–Crippen LogP) is 4.43. The largest absolute Gasteiger partial charge is 0.259 e. The highest BCUT2D eigenvalue weighted by Gasteiger charge is 2.17. The minimum Gasteiger partial charge on any atom is -0.259 e. The highest BCUT2D eigenvalue weighted by atomic mass is 15.3. The van der Waals surface area contributed by atoms with Gasteiger partial charge in [-0.15, -0.1) is 0 Å². The van der Waals surface area contributed by atoms with E-state index in [2.05, 4.69) is 71.4 Å². The SMILES string of the molecule is Cc1cc(C)n(-c2ccc(Cn3ncc4cnc(-c5c(C)cnn5C(C)C)nc43)cc2)n1. The smallest absolute Gasteiger partial charge is 0.180 e. The van der Waals surface area contributed by atoms with Gasteiger partial charge in [0.2, 0.25) is 0 Å². The van der Waals surface area contributed by atoms with Crippen molar-refractivity contribution in [3.63, 3.8) is 0 Å². The Balaban J connectivity index is 1.47. The lowest BCUT2D eigenvalue weighted by molar-refractivity contribution is 0.536. The number of hydrogen-bond acceptors (Lipinski definition) is 5. The van der Waals surface area contributed by atoms with Gasteiger partial charge >= 0.3 is 0 Å². The van der Waals surface area contributed by atoms with Crippen LogP contribution < -0.4 is 0 Å². The Labute approximate surface area is 186 Å². The third kappa shape index (κ3) is 3.47. The van der Waals surface area contributed by atoms with E-state index in [1.165, 1.54) is 0 Å². The third-order valence-corrected chi connectivity index (χ3v) is 5.58. The topological polar surface area (TPSA) is 79.2 Å². The van der Waals surface area contributed by atoms with E-state index in [4.69, 9.17) is 4.98 Å². The fourth-order valence-electron chi connectivity index (χ4n) is 4.02. The lowest BCUT2D eigenvalue weighted by atomic mass is 10.2. The highest BCUT2D eigenvalue weighted by Crippen LogP contribution is 2.25. The van der Waals surface area contributed by atoms with E-state index in [1.807, 2.05) is 46.5 Å². The minimum atomic E-state index is 0.226. The fraction of sp³-hybridized carbons (Fsp3) is 0.292. The van der Waals surface area contributed by atoms with Gasteiger partial charge in [0.05, 0.1) is 35.7 Å². The Morgan fingerprint density at radius 1 is 0.938 bits per heavy atom. The van der Waals surface area contributed by atoms with Gasteiger partial charge in [-0.3, -0.25) is 4.68 Å². The molecule has 0 N–H and O–H groups in total. The van der Waals surface area contributed by atoms with Crippen LogP contribution in [-0.2, 0) is 6.54 Å². The summed E-state index contributed by atoms with van der Waals surface area (Å²) in [6.45, 7) is 10.9. The molecule has 0 unspecified atom stereocenters. The molecule has 32 heavy (non-hydrogen) atoms. The molecule has 162 valence electrons. The van der Waals surface area contributed by atoms with Gasteiger partial charge < -0.3 is 0 Å². The van der Waals surface area contributed by atoms with Crippen LogP contribution in [0.1, 0.15) is 42.4 Å². The van der Waals surface area contributed by atoms with Gasteiger partial charge in [-0.1, -0.05) is 12.1 Å². The minimum absolute atomic E-state index is 0.226. The average Bonchev–Trinajstić information content (AvgIpc) is 3.45. The normalized spacial score (nSPS) is 11.7. The second-order valence-electron chi connectivity index (χ2n) is 8.49. The zero-order chi connectivity index (χ0) is 22.4. The van der Waals surface area contributed by atoms with Crippen molar-refractivity contribution < 1.29 is 0 Å². The molecule has 0 radical (unpaired) electrons. The molecule has 0 spiro atoms. The summed E-state index contributed by atoms with van der Waals surface area (Å²) in [6.07, 6.45) is 5.52. The van der Waals surface area contributed by atoms with Gasteiger partial charge in [-0.25, -0.2) is 19.3 Å². The number of aryl methyl sites for hydroxylation is 3. The molecule has 4 aromatic heterocycles. The van der Waals surface area contributed by atoms with E-state index < -0.39 is 0 Å². The number of fused-ring (bicyclic) bond motifs is 1. The first-order chi connectivity index (χ1) is 15.4. The molecule has 0 fully saturated rings. The zero-order valence-electron chi connectivity index (χ0n) is 19.0. The van der Waals surface area contributed by atoms with Gasteiger partial charge in [0, 0.05) is 17.9 Å². The standard InChI is InChI=1S/C24H26N8/c1-15(2)31-22(16(3)11-27-31)23-25-12-20-13-26-30(24(20)28-23)14-19-6-8-21(9-7-19)32-18(5)10-17(4)29-32/h6-13,15H,14H2,1-5H3. The van der Waals surface area contributed by atoms with E-state index in [0.717, 1.165) is 44.9 Å². The Morgan fingerprint density at radius 3 is 2.41 bits per heavy atom. The number of aromatic nitrogens is 8. The van der Waals surface area contributed by atoms with Gasteiger partial charge in [0.15, 0.2) is 11.5 Å². The van der Waals surface area contributed by atoms with Crippen molar-refractivity contribution in [3.05, 3.63) is 71.4 Å². The van der Waals surface area contributed by atoms with E-state index in [0.29, 0.717) is 12.4 Å². The first-order valence-corrected chi connectivity index (χ1v) is 10.8. The molecule has 0 amide bonds. The number of nitrogens with zero attached hydrogens (tertiary/aromatic N) is 8. The van der Waals surface area contributed by atoms with Crippen molar-refractivity contribution >= 4 is 11.0 Å². The van der Waals surface area contributed by atoms with Crippen molar-refractivity contribution in [3.8, 4) is 17.2 Å². The van der Waals surface area contributed by atoms with Crippen LogP contribution in [0.4, 0.5) is 0 Å². The maximum Gasteiger partial charge on any atom is 0.180 e. The fourth-order valence-corrected chi connectivity index (χ4v) is 4.02. The molecule has 0 aliphatic carbocycles. The molecule has 0 atom stereocenters. The number of hydrogen-bond donors (Lipinski definition) is 0. The summed E-state index contributed by atoms with van der Waals surface area (Å²) < 4.78 is 5.85. The Morgan fingerprint density at radius 2 is 1.72 bits per heavy atom. The first kappa shape index (κ1) is 20.1. The van der Waals surface area contributed by atoms with Gasteiger partial charge in [0.1, 0.15) is 5.69 Å². The van der Waals surface area contributed by atoms with Crippen LogP contribution in [-0.4, -0.2) is 39.3 Å². The Bertz CT molecular complexity index is 1400. The lowest BCUT2D eigenvalue weighted by Gasteiger charge is -2.11.